The van der Waals surface area contributed by atoms with E-state index in [1.165, 1.54) is 11.0 Å². The van der Waals surface area contributed by atoms with Gasteiger partial charge in [0, 0.05) is 18.5 Å². The standard InChI is InChI=1S/C29H27NO6/c1-3-35-24-15-19(9-11-22(24)31)26-25(27(32)20-10-12-23-21(14-20)13-17(2)36-23)28(33)29(34)30(26)16-18-7-5-4-6-8-18/h4-12,14-15,17,26,31-32H,3,13,16H2,1-2H3/b27-25+/t17-,26-/m0/s1. The molecule has 2 atom stereocenters. The number of rotatable bonds is 6. The fourth-order valence-electron chi connectivity index (χ4n) is 4.87. The summed E-state index contributed by atoms with van der Waals surface area (Å²) >= 11 is 0. The number of Topliss-reactive ketones (excluding diaryl/α,β-unsaturated/α-hetero) is 1. The highest BCUT2D eigenvalue weighted by molar-refractivity contribution is 6.46. The summed E-state index contributed by atoms with van der Waals surface area (Å²) in [4.78, 5) is 28.1. The number of carbonyl (C=O) groups excluding carboxylic acids is 2. The molecule has 5 rings (SSSR count). The predicted octanol–water partition coefficient (Wildman–Crippen LogP) is 4.74. The van der Waals surface area contributed by atoms with Gasteiger partial charge in [-0.2, -0.15) is 0 Å². The van der Waals surface area contributed by atoms with Gasteiger partial charge in [-0.3, -0.25) is 9.59 Å². The number of nitrogens with zero attached hydrogens (tertiary/aromatic N) is 1. The monoisotopic (exact) mass is 485 g/mol. The summed E-state index contributed by atoms with van der Waals surface area (Å²) < 4.78 is 11.3. The van der Waals surface area contributed by atoms with E-state index in [1.54, 1.807) is 37.3 Å². The first-order valence-corrected chi connectivity index (χ1v) is 12.0. The van der Waals surface area contributed by atoms with E-state index in [1.807, 2.05) is 37.3 Å². The summed E-state index contributed by atoms with van der Waals surface area (Å²) in [5, 5.41) is 21.6. The molecule has 0 unspecified atom stereocenters. The molecule has 2 aliphatic heterocycles. The summed E-state index contributed by atoms with van der Waals surface area (Å²) in [6.45, 7) is 4.27. The molecule has 7 heteroatoms. The topological polar surface area (TPSA) is 96.3 Å². The van der Waals surface area contributed by atoms with Gasteiger partial charge in [0.05, 0.1) is 18.2 Å². The molecule has 1 saturated heterocycles. The third-order valence-corrected chi connectivity index (χ3v) is 6.50. The summed E-state index contributed by atoms with van der Waals surface area (Å²) in [5.74, 6) is -0.765. The van der Waals surface area contributed by atoms with E-state index in [4.69, 9.17) is 9.47 Å². The Morgan fingerprint density at radius 3 is 2.61 bits per heavy atom. The lowest BCUT2D eigenvalue weighted by molar-refractivity contribution is -0.140. The van der Waals surface area contributed by atoms with Crippen LogP contribution in [-0.2, 0) is 22.6 Å². The number of amides is 1. The van der Waals surface area contributed by atoms with E-state index in [-0.39, 0.29) is 35.5 Å². The van der Waals surface area contributed by atoms with Gasteiger partial charge >= 0.3 is 0 Å². The number of benzene rings is 3. The zero-order valence-electron chi connectivity index (χ0n) is 20.1. The normalized spacial score (nSPS) is 20.3. The molecule has 0 aromatic heterocycles. The van der Waals surface area contributed by atoms with Gasteiger partial charge in [-0.1, -0.05) is 36.4 Å². The number of hydrogen-bond acceptors (Lipinski definition) is 6. The van der Waals surface area contributed by atoms with E-state index < -0.39 is 17.7 Å². The maximum atomic E-state index is 13.4. The van der Waals surface area contributed by atoms with Crippen LogP contribution in [0.25, 0.3) is 5.76 Å². The zero-order chi connectivity index (χ0) is 25.4. The van der Waals surface area contributed by atoms with Crippen molar-refractivity contribution in [3.8, 4) is 17.2 Å². The summed E-state index contributed by atoms with van der Waals surface area (Å²) in [6.07, 6.45) is 0.723. The number of ether oxygens (including phenoxy) is 2. The number of fused-ring (bicyclic) bond motifs is 1. The lowest BCUT2D eigenvalue weighted by Gasteiger charge is -2.26. The molecule has 0 spiro atoms. The molecule has 0 aliphatic carbocycles. The summed E-state index contributed by atoms with van der Waals surface area (Å²) in [7, 11) is 0. The lowest BCUT2D eigenvalue weighted by Crippen LogP contribution is -2.29. The first-order valence-electron chi connectivity index (χ1n) is 12.0. The number of aliphatic hydroxyl groups is 1. The highest BCUT2D eigenvalue weighted by Crippen LogP contribution is 2.43. The first kappa shape index (κ1) is 23.5. The molecule has 36 heavy (non-hydrogen) atoms. The van der Waals surface area contributed by atoms with Crippen LogP contribution in [-0.4, -0.2) is 39.5 Å². The van der Waals surface area contributed by atoms with Gasteiger partial charge in [0.15, 0.2) is 11.5 Å². The minimum Gasteiger partial charge on any atom is -0.507 e. The van der Waals surface area contributed by atoms with E-state index >= 15 is 0 Å². The number of carbonyl (C=O) groups is 2. The van der Waals surface area contributed by atoms with Crippen LogP contribution < -0.4 is 9.47 Å². The predicted molar refractivity (Wildman–Crippen MR) is 134 cm³/mol. The Labute approximate surface area is 209 Å². The first-order chi connectivity index (χ1) is 17.4. The van der Waals surface area contributed by atoms with Crippen LogP contribution in [0.5, 0.6) is 17.2 Å². The number of phenolic OH excluding ortho intramolecular Hbond substituents is 1. The smallest absolute Gasteiger partial charge is 0.295 e. The Morgan fingerprint density at radius 2 is 1.86 bits per heavy atom. The molecule has 0 bridgehead atoms. The van der Waals surface area contributed by atoms with Crippen molar-refractivity contribution in [2.75, 3.05) is 6.61 Å². The van der Waals surface area contributed by atoms with Crippen molar-refractivity contribution in [1.29, 1.82) is 0 Å². The molecule has 3 aromatic rings. The van der Waals surface area contributed by atoms with E-state index in [2.05, 4.69) is 0 Å². The van der Waals surface area contributed by atoms with Gasteiger partial charge < -0.3 is 24.6 Å². The van der Waals surface area contributed by atoms with Crippen molar-refractivity contribution < 1.29 is 29.3 Å². The number of aliphatic hydroxyl groups excluding tert-OH is 1. The molecule has 0 saturated carbocycles. The molecule has 3 aromatic carbocycles. The molecule has 1 amide bonds. The number of ketones is 1. The number of hydrogen-bond donors (Lipinski definition) is 2. The number of phenols is 1. The van der Waals surface area contributed by atoms with Gasteiger partial charge in [0.2, 0.25) is 0 Å². The van der Waals surface area contributed by atoms with Crippen molar-refractivity contribution in [1.82, 2.24) is 4.90 Å². The Hall–Kier alpha value is -4.26. The third kappa shape index (κ3) is 4.17. The highest BCUT2D eigenvalue weighted by Gasteiger charge is 2.46. The second-order valence-corrected chi connectivity index (χ2v) is 9.03. The Kier molecular flexibility index (Phi) is 6.14. The van der Waals surface area contributed by atoms with Crippen LogP contribution in [0, 0.1) is 0 Å². The van der Waals surface area contributed by atoms with Gasteiger partial charge in [-0.05, 0) is 60.9 Å². The van der Waals surface area contributed by atoms with Crippen molar-refractivity contribution in [3.63, 3.8) is 0 Å². The fourth-order valence-corrected chi connectivity index (χ4v) is 4.87. The summed E-state index contributed by atoms with van der Waals surface area (Å²) in [5.41, 5.74) is 2.77. The fraction of sp³-hybridized carbons (Fsp3) is 0.241. The average molecular weight is 486 g/mol. The maximum absolute atomic E-state index is 13.4. The van der Waals surface area contributed by atoms with E-state index in [9.17, 15) is 19.8 Å². The zero-order valence-corrected chi connectivity index (χ0v) is 20.1. The maximum Gasteiger partial charge on any atom is 0.295 e. The SMILES string of the molecule is CCOc1cc([C@H]2/C(=C(\O)c3ccc4c(c3)C[C@H](C)O4)C(=O)C(=O)N2Cc2ccccc2)ccc1O. The van der Waals surface area contributed by atoms with Crippen molar-refractivity contribution in [2.24, 2.45) is 0 Å². The van der Waals surface area contributed by atoms with Gasteiger partial charge in [-0.25, -0.2) is 0 Å². The van der Waals surface area contributed by atoms with Crippen LogP contribution in [0.15, 0.2) is 72.3 Å². The van der Waals surface area contributed by atoms with Gasteiger partial charge in [0.25, 0.3) is 11.7 Å². The van der Waals surface area contributed by atoms with Crippen molar-refractivity contribution >= 4 is 17.4 Å². The average Bonchev–Trinajstić information content (AvgIpc) is 3.37. The van der Waals surface area contributed by atoms with Crippen molar-refractivity contribution in [2.45, 2.75) is 39.0 Å². The van der Waals surface area contributed by atoms with E-state index in [0.29, 0.717) is 24.2 Å². The van der Waals surface area contributed by atoms with Gasteiger partial charge in [0.1, 0.15) is 17.6 Å². The third-order valence-electron chi connectivity index (χ3n) is 6.50. The highest BCUT2D eigenvalue weighted by atomic mass is 16.5. The molecule has 7 nitrogen and oxygen atoms in total. The van der Waals surface area contributed by atoms with Crippen LogP contribution >= 0.6 is 0 Å². The largest absolute Gasteiger partial charge is 0.507 e. The lowest BCUT2D eigenvalue weighted by atomic mass is 9.94. The summed E-state index contributed by atoms with van der Waals surface area (Å²) in [6, 6.07) is 18.5. The van der Waals surface area contributed by atoms with Crippen LogP contribution in [0.1, 0.15) is 42.1 Å². The second kappa shape index (κ2) is 9.41. The Morgan fingerprint density at radius 1 is 1.08 bits per heavy atom. The second-order valence-electron chi connectivity index (χ2n) is 9.03. The van der Waals surface area contributed by atoms with Crippen LogP contribution in [0.3, 0.4) is 0 Å². The van der Waals surface area contributed by atoms with E-state index in [0.717, 1.165) is 16.9 Å². The Bertz CT molecular complexity index is 1360. The molecule has 0 radical (unpaired) electrons. The Balaban J connectivity index is 1.65. The van der Waals surface area contributed by atoms with Crippen LogP contribution in [0.4, 0.5) is 0 Å². The molecule has 1 fully saturated rings. The molecule has 2 N–H and O–H groups in total. The molecule has 184 valence electrons. The quantitative estimate of drug-likeness (QED) is 0.298. The molecular formula is C29H27NO6. The van der Waals surface area contributed by atoms with Crippen LogP contribution in [0.2, 0.25) is 0 Å². The minimum absolute atomic E-state index is 0.00372. The molecule has 2 aliphatic rings. The molecular weight excluding hydrogens is 458 g/mol. The van der Waals surface area contributed by atoms with Crippen molar-refractivity contribution in [3.05, 3.63) is 94.6 Å². The number of aromatic hydroxyl groups is 1. The molecule has 2 heterocycles. The van der Waals surface area contributed by atoms with Gasteiger partial charge in [-0.15, -0.1) is 0 Å². The number of likely N-dealkylation sites (tertiary alicyclic amines) is 1. The minimum atomic E-state index is -0.867.